The van der Waals surface area contributed by atoms with Crippen molar-refractivity contribution in [2.45, 2.75) is 54.5 Å². The van der Waals surface area contributed by atoms with Crippen molar-refractivity contribution in [2.75, 3.05) is 32.6 Å². The van der Waals surface area contributed by atoms with Crippen molar-refractivity contribution in [3.63, 3.8) is 0 Å². The molecular weight excluding hydrogens is 490 g/mol. The summed E-state index contributed by atoms with van der Waals surface area (Å²) in [6, 6.07) is 11.3. The average Bonchev–Trinajstić information content (AvgIpc) is 2.90. The van der Waals surface area contributed by atoms with Crippen LogP contribution < -0.4 is 26.0 Å². The van der Waals surface area contributed by atoms with E-state index >= 15 is 0 Å². The summed E-state index contributed by atoms with van der Waals surface area (Å²) >= 11 is 6.08. The van der Waals surface area contributed by atoms with Crippen molar-refractivity contribution in [1.82, 2.24) is 20.9 Å². The Morgan fingerprint density at radius 2 is 1.86 bits per heavy atom. The molecular formula is C28H44ClN5O3. The number of allylic oxidation sites excluding steroid dienone is 2. The Balaban J connectivity index is 0.00000108. The van der Waals surface area contributed by atoms with Crippen LogP contribution in [0, 0.1) is 5.41 Å². The van der Waals surface area contributed by atoms with Crippen LogP contribution in [0.15, 0.2) is 54.0 Å². The maximum atomic E-state index is 12.3. The molecule has 37 heavy (non-hydrogen) atoms. The fraction of sp³-hybridized carbons (Fsp3) is 0.464. The van der Waals surface area contributed by atoms with Crippen LogP contribution in [0.2, 0.25) is 5.02 Å². The van der Waals surface area contributed by atoms with E-state index in [1.165, 1.54) is 0 Å². The summed E-state index contributed by atoms with van der Waals surface area (Å²) < 4.78 is 5.62. The van der Waals surface area contributed by atoms with Gasteiger partial charge in [0, 0.05) is 56.1 Å². The number of rotatable bonds is 12. The van der Waals surface area contributed by atoms with Gasteiger partial charge in [-0.15, -0.1) is 0 Å². The molecule has 0 unspecified atom stereocenters. The van der Waals surface area contributed by atoms with E-state index in [4.69, 9.17) is 16.3 Å². The third-order valence-electron chi connectivity index (χ3n) is 4.97. The van der Waals surface area contributed by atoms with Crippen LogP contribution in [-0.4, -0.2) is 44.4 Å². The van der Waals surface area contributed by atoms with Crippen molar-refractivity contribution < 1.29 is 14.3 Å². The quantitative estimate of drug-likeness (QED) is 0.220. The second kappa shape index (κ2) is 19.1. The predicted molar refractivity (Wildman–Crippen MR) is 154 cm³/mol. The largest absolute Gasteiger partial charge is 0.494 e. The summed E-state index contributed by atoms with van der Waals surface area (Å²) in [6.07, 6.45) is 2.68. The molecule has 0 radical (unpaired) electrons. The minimum absolute atomic E-state index is 0.198. The molecule has 0 atom stereocenters. The highest BCUT2D eigenvalue weighted by Crippen LogP contribution is 2.24. The molecule has 9 heteroatoms. The molecule has 4 N–H and O–H groups in total. The Morgan fingerprint density at radius 3 is 2.38 bits per heavy atom. The number of anilines is 1. The van der Waals surface area contributed by atoms with Crippen LogP contribution in [0.5, 0.6) is 5.75 Å². The second-order valence-corrected chi connectivity index (χ2v) is 8.99. The number of halogens is 1. The summed E-state index contributed by atoms with van der Waals surface area (Å²) in [5, 5.41) is 12.4. The van der Waals surface area contributed by atoms with E-state index in [1.54, 1.807) is 26.2 Å². The number of hydrogen-bond acceptors (Lipinski definition) is 7. The van der Waals surface area contributed by atoms with Gasteiger partial charge in [-0.05, 0) is 49.6 Å². The van der Waals surface area contributed by atoms with Gasteiger partial charge in [0.15, 0.2) is 6.29 Å². The third-order valence-corrected chi connectivity index (χ3v) is 5.21. The predicted octanol–water partition coefficient (Wildman–Crippen LogP) is 5.16. The van der Waals surface area contributed by atoms with Gasteiger partial charge in [0.05, 0.1) is 12.3 Å². The second-order valence-electron chi connectivity index (χ2n) is 8.55. The normalized spacial score (nSPS) is 10.9. The minimum Gasteiger partial charge on any atom is -0.494 e. The number of carbonyl (C=O) groups is 2. The fourth-order valence-electron chi connectivity index (χ4n) is 3.07. The van der Waals surface area contributed by atoms with Gasteiger partial charge in [0.25, 0.3) is 0 Å². The lowest BCUT2D eigenvalue weighted by molar-refractivity contribution is -0.123. The van der Waals surface area contributed by atoms with Crippen molar-refractivity contribution >= 4 is 29.6 Å². The first-order valence-electron chi connectivity index (χ1n) is 12.5. The van der Waals surface area contributed by atoms with E-state index in [9.17, 15) is 9.59 Å². The van der Waals surface area contributed by atoms with E-state index in [0.717, 1.165) is 17.1 Å². The van der Waals surface area contributed by atoms with E-state index in [0.29, 0.717) is 36.7 Å². The first-order valence-corrected chi connectivity index (χ1v) is 12.9. The molecule has 0 saturated heterocycles. The lowest BCUT2D eigenvalue weighted by atomic mass is 9.88. The zero-order chi connectivity index (χ0) is 28.3. The van der Waals surface area contributed by atoms with Crippen LogP contribution in [0.3, 0.4) is 0 Å². The number of carbonyl (C=O) groups excluding carboxylic acids is 2. The molecule has 0 aliphatic carbocycles. The minimum atomic E-state index is -0.296. The van der Waals surface area contributed by atoms with Crippen molar-refractivity contribution in [2.24, 2.45) is 5.41 Å². The molecule has 8 nitrogen and oxygen atoms in total. The maximum Gasteiger partial charge on any atom is 0.225 e. The van der Waals surface area contributed by atoms with Crippen LogP contribution in [-0.2, 0) is 16.1 Å². The number of nitrogens with zero attached hydrogens (tertiary/aromatic N) is 1. The van der Waals surface area contributed by atoms with Gasteiger partial charge in [0.2, 0.25) is 5.91 Å². The number of benzene rings is 1. The van der Waals surface area contributed by atoms with Gasteiger partial charge < -0.3 is 26.0 Å². The molecule has 2 rings (SSSR count). The summed E-state index contributed by atoms with van der Waals surface area (Å²) in [5.74, 6) is 1.51. The van der Waals surface area contributed by atoms with E-state index in [1.807, 2.05) is 72.0 Å². The molecule has 1 heterocycles. The Labute approximate surface area is 227 Å². The standard InChI is InChI=1S/C20H30ClN3O3.C6H8N2.C2H6/c1-6-27-18-8-7-16(21)9-15(18)11-23-13-20(3,4)10-19(26)24-17(12-25)14(2)22-5;1-7-6-4-2-3-5-8-6;1-2/h7-9,12,22-23H,6,10-11,13H2,1-5H3,(H,24,26);2-5H,1H3,(H,7,8);1-2H3/b17-14+;;. The van der Waals surface area contributed by atoms with Crippen LogP contribution in [0.4, 0.5) is 5.82 Å². The average molecular weight is 534 g/mol. The summed E-state index contributed by atoms with van der Waals surface area (Å²) in [6.45, 7) is 13.4. The van der Waals surface area contributed by atoms with Gasteiger partial charge in [-0.25, -0.2) is 4.98 Å². The molecule has 0 saturated carbocycles. The summed E-state index contributed by atoms with van der Waals surface area (Å²) in [7, 11) is 3.55. The van der Waals surface area contributed by atoms with Gasteiger partial charge in [-0.3, -0.25) is 9.59 Å². The Morgan fingerprint density at radius 1 is 1.16 bits per heavy atom. The lowest BCUT2D eigenvalue weighted by Gasteiger charge is -2.25. The van der Waals surface area contributed by atoms with Gasteiger partial charge >= 0.3 is 0 Å². The number of pyridine rings is 1. The molecule has 206 valence electrons. The number of amides is 1. The fourth-order valence-corrected chi connectivity index (χ4v) is 3.26. The van der Waals surface area contributed by atoms with Crippen LogP contribution >= 0.6 is 11.6 Å². The Kier molecular flexibility index (Phi) is 17.5. The molecule has 0 spiro atoms. The number of ether oxygens (including phenoxy) is 1. The smallest absolute Gasteiger partial charge is 0.225 e. The van der Waals surface area contributed by atoms with Gasteiger partial charge in [-0.1, -0.05) is 45.4 Å². The highest BCUT2D eigenvalue weighted by molar-refractivity contribution is 6.30. The molecule has 0 bridgehead atoms. The van der Waals surface area contributed by atoms with E-state index in [2.05, 4.69) is 26.3 Å². The zero-order valence-electron chi connectivity index (χ0n) is 23.5. The van der Waals surface area contributed by atoms with Crippen molar-refractivity contribution in [3.8, 4) is 5.75 Å². The zero-order valence-corrected chi connectivity index (χ0v) is 24.3. The third kappa shape index (κ3) is 14.3. The van der Waals surface area contributed by atoms with E-state index in [-0.39, 0.29) is 23.4 Å². The Bertz CT molecular complexity index is 966. The SMILES string of the molecule is CC.CCOc1ccc(Cl)cc1CNCC(C)(C)CC(=O)N/C(C=O)=C(\C)NC.CNc1ccccn1. The van der Waals surface area contributed by atoms with Crippen molar-refractivity contribution in [3.05, 3.63) is 64.6 Å². The lowest BCUT2D eigenvalue weighted by Crippen LogP contribution is -2.36. The number of hydrogen-bond donors (Lipinski definition) is 4. The first-order chi connectivity index (χ1) is 17.6. The van der Waals surface area contributed by atoms with Gasteiger partial charge in [-0.2, -0.15) is 0 Å². The molecule has 2 aromatic rings. The molecule has 1 aromatic carbocycles. The number of aromatic nitrogens is 1. The van der Waals surface area contributed by atoms with Crippen LogP contribution in [0.1, 0.15) is 53.5 Å². The van der Waals surface area contributed by atoms with Crippen LogP contribution in [0.25, 0.3) is 0 Å². The highest BCUT2D eigenvalue weighted by atomic mass is 35.5. The maximum absolute atomic E-state index is 12.3. The Hall–Kier alpha value is -3.10. The summed E-state index contributed by atoms with van der Waals surface area (Å²) in [4.78, 5) is 27.4. The molecule has 0 aliphatic heterocycles. The first kappa shape index (κ1) is 33.9. The van der Waals surface area contributed by atoms with E-state index < -0.39 is 0 Å². The topological polar surface area (TPSA) is 104 Å². The number of aldehydes is 1. The number of nitrogens with one attached hydrogen (secondary N) is 4. The molecule has 0 aliphatic rings. The van der Waals surface area contributed by atoms with Gasteiger partial charge in [0.1, 0.15) is 11.6 Å². The molecule has 1 amide bonds. The summed E-state index contributed by atoms with van der Waals surface area (Å²) in [5.41, 5.74) is 1.56. The van der Waals surface area contributed by atoms with Crippen molar-refractivity contribution in [1.29, 1.82) is 0 Å². The monoisotopic (exact) mass is 533 g/mol. The molecule has 1 aromatic heterocycles. The highest BCUT2D eigenvalue weighted by Gasteiger charge is 2.22. The molecule has 0 fully saturated rings.